The smallest absolute Gasteiger partial charge is 0.327 e. The van der Waals surface area contributed by atoms with Crippen LogP contribution in [0.1, 0.15) is 33.6 Å². The Labute approximate surface area is 179 Å². The van der Waals surface area contributed by atoms with Crippen molar-refractivity contribution >= 4 is 42.2 Å². The van der Waals surface area contributed by atoms with Gasteiger partial charge in [0.2, 0.25) is 23.6 Å². The second-order valence-electron chi connectivity index (χ2n) is 7.14. The number of nitrogens with one attached hydrogen (secondary N) is 3. The van der Waals surface area contributed by atoms with Crippen molar-refractivity contribution in [1.29, 1.82) is 0 Å². The molecule has 0 rings (SSSR count). The van der Waals surface area contributed by atoms with E-state index in [9.17, 15) is 29.1 Å². The summed E-state index contributed by atoms with van der Waals surface area (Å²) in [6.07, 6.45) is -1.58. The van der Waals surface area contributed by atoms with E-state index >= 15 is 0 Å². The molecule has 5 atom stereocenters. The quantitative estimate of drug-likeness (QED) is 0.136. The number of carbonyl (C=O) groups excluding carboxylic acids is 4. The number of rotatable bonds is 13. The largest absolute Gasteiger partial charge is 0.480 e. The summed E-state index contributed by atoms with van der Waals surface area (Å²) in [5, 5.41) is 25.5. The predicted molar refractivity (Wildman–Crippen MR) is 110 cm³/mol. The first kappa shape index (κ1) is 27.6. The molecule has 0 aromatic rings. The Morgan fingerprint density at radius 2 is 1.47 bits per heavy atom. The molecule has 0 heterocycles. The lowest BCUT2D eigenvalue weighted by Crippen LogP contribution is -2.59. The van der Waals surface area contributed by atoms with E-state index in [-0.39, 0.29) is 18.6 Å². The highest BCUT2D eigenvalue weighted by Crippen LogP contribution is 2.06. The summed E-state index contributed by atoms with van der Waals surface area (Å²) in [5.74, 6) is -5.02. The van der Waals surface area contributed by atoms with Gasteiger partial charge in [0.25, 0.3) is 0 Å². The number of hydrogen-bond acceptors (Lipinski definition) is 8. The first-order valence-electron chi connectivity index (χ1n) is 9.28. The normalized spacial score (nSPS) is 16.0. The number of thiol groups is 1. The van der Waals surface area contributed by atoms with E-state index < -0.39 is 65.8 Å². The summed E-state index contributed by atoms with van der Waals surface area (Å²) in [5.41, 5.74) is 10.7. The molecule has 4 amide bonds. The fraction of sp³-hybridized carbons (Fsp3) is 0.706. The third kappa shape index (κ3) is 9.41. The molecule has 0 aromatic heterocycles. The minimum atomic E-state index is -1.32. The predicted octanol–water partition coefficient (Wildman–Crippen LogP) is -2.92. The van der Waals surface area contributed by atoms with Gasteiger partial charge in [0, 0.05) is 12.2 Å². The number of aliphatic carboxylic acids is 1. The second-order valence-corrected chi connectivity index (χ2v) is 7.51. The average molecular weight is 450 g/mol. The zero-order chi connectivity index (χ0) is 23.6. The number of carboxylic acids is 1. The summed E-state index contributed by atoms with van der Waals surface area (Å²) >= 11 is 3.85. The average Bonchev–Trinajstić information content (AvgIpc) is 2.65. The number of primary amides is 1. The molecule has 5 unspecified atom stereocenters. The van der Waals surface area contributed by atoms with Crippen LogP contribution in [-0.4, -0.2) is 75.8 Å². The third-order valence-corrected chi connectivity index (χ3v) is 4.54. The highest BCUT2D eigenvalue weighted by Gasteiger charge is 2.32. The molecule has 0 saturated carbocycles. The molecule has 12 nitrogen and oxygen atoms in total. The third-order valence-electron chi connectivity index (χ3n) is 4.18. The van der Waals surface area contributed by atoms with Crippen LogP contribution in [-0.2, 0) is 24.0 Å². The molecule has 0 saturated heterocycles. The van der Waals surface area contributed by atoms with Crippen LogP contribution in [0.25, 0.3) is 0 Å². The Balaban J connectivity index is 5.42. The molecule has 0 aromatic carbocycles. The number of amides is 4. The summed E-state index contributed by atoms with van der Waals surface area (Å²) in [6.45, 7) is 4.59. The zero-order valence-corrected chi connectivity index (χ0v) is 18.0. The molecule has 0 spiro atoms. The fourth-order valence-electron chi connectivity index (χ4n) is 2.28. The standard InChI is InChI=1S/C17H31N5O7S/c1-7(2)13(22-15(26)12(19)8(3)23)16(27)20-9(4-5-11(18)24)14(25)21-10(6-30)17(28)29/h7-10,12-13,23,30H,4-6,19H2,1-3H3,(H2,18,24)(H,20,27)(H,21,25)(H,22,26)(H,28,29). The van der Waals surface area contributed by atoms with E-state index in [1.165, 1.54) is 6.92 Å². The molecule has 9 N–H and O–H groups in total. The van der Waals surface area contributed by atoms with Crippen LogP contribution in [0, 0.1) is 5.92 Å². The van der Waals surface area contributed by atoms with Crippen molar-refractivity contribution in [2.75, 3.05) is 5.75 Å². The lowest BCUT2D eigenvalue weighted by molar-refractivity contribution is -0.141. The molecule has 0 aliphatic carbocycles. The highest BCUT2D eigenvalue weighted by molar-refractivity contribution is 7.80. The van der Waals surface area contributed by atoms with Gasteiger partial charge in [-0.05, 0) is 19.3 Å². The molecule has 172 valence electrons. The molecule has 0 fully saturated rings. The van der Waals surface area contributed by atoms with E-state index in [2.05, 4.69) is 28.6 Å². The lowest BCUT2D eigenvalue weighted by atomic mass is 10.0. The Morgan fingerprint density at radius 3 is 1.87 bits per heavy atom. The molecule has 13 heteroatoms. The van der Waals surface area contributed by atoms with Crippen LogP contribution in [0.2, 0.25) is 0 Å². The van der Waals surface area contributed by atoms with E-state index in [0.29, 0.717) is 0 Å². The number of carbonyl (C=O) groups is 5. The van der Waals surface area contributed by atoms with Crippen molar-refractivity contribution in [2.24, 2.45) is 17.4 Å². The van der Waals surface area contributed by atoms with Crippen molar-refractivity contribution in [3.8, 4) is 0 Å². The molecule has 0 bridgehead atoms. The van der Waals surface area contributed by atoms with Crippen molar-refractivity contribution in [3.05, 3.63) is 0 Å². The summed E-state index contributed by atoms with van der Waals surface area (Å²) in [6, 6.07) is -4.96. The van der Waals surface area contributed by atoms with Gasteiger partial charge < -0.3 is 37.6 Å². The minimum Gasteiger partial charge on any atom is -0.480 e. The highest BCUT2D eigenvalue weighted by atomic mass is 32.1. The van der Waals surface area contributed by atoms with E-state index in [4.69, 9.17) is 16.6 Å². The van der Waals surface area contributed by atoms with Crippen LogP contribution in [0.15, 0.2) is 0 Å². The van der Waals surface area contributed by atoms with Gasteiger partial charge in [0.05, 0.1) is 6.10 Å². The molecule has 0 aliphatic heterocycles. The first-order chi connectivity index (χ1) is 13.8. The van der Waals surface area contributed by atoms with E-state index in [1.54, 1.807) is 13.8 Å². The van der Waals surface area contributed by atoms with Crippen molar-refractivity contribution in [2.45, 2.75) is 63.9 Å². The second kappa shape index (κ2) is 13.0. The van der Waals surface area contributed by atoms with Gasteiger partial charge in [-0.1, -0.05) is 13.8 Å². The number of aliphatic hydroxyl groups is 1. The number of aliphatic hydroxyl groups excluding tert-OH is 1. The fourth-order valence-corrected chi connectivity index (χ4v) is 2.53. The Bertz CT molecular complexity index is 644. The molecular weight excluding hydrogens is 418 g/mol. The van der Waals surface area contributed by atoms with Gasteiger partial charge in [-0.3, -0.25) is 19.2 Å². The molecular formula is C17H31N5O7S. The number of nitrogens with two attached hydrogens (primary N) is 2. The topological polar surface area (TPSA) is 214 Å². The van der Waals surface area contributed by atoms with Crippen LogP contribution < -0.4 is 27.4 Å². The maximum atomic E-state index is 12.7. The lowest BCUT2D eigenvalue weighted by Gasteiger charge is -2.27. The van der Waals surface area contributed by atoms with Crippen LogP contribution in [0.5, 0.6) is 0 Å². The van der Waals surface area contributed by atoms with Gasteiger partial charge in [-0.15, -0.1) is 0 Å². The summed E-state index contributed by atoms with van der Waals surface area (Å²) < 4.78 is 0. The minimum absolute atomic E-state index is 0.183. The maximum Gasteiger partial charge on any atom is 0.327 e. The molecule has 0 aliphatic rings. The molecule has 0 radical (unpaired) electrons. The van der Waals surface area contributed by atoms with Crippen molar-refractivity contribution < 1.29 is 34.2 Å². The monoisotopic (exact) mass is 449 g/mol. The van der Waals surface area contributed by atoms with Gasteiger partial charge in [0.1, 0.15) is 24.2 Å². The SMILES string of the molecule is CC(C)C(NC(=O)C(N)C(C)O)C(=O)NC(CCC(N)=O)C(=O)NC(CS)C(=O)O. The number of carboxylic acid groups (broad SMARTS) is 1. The summed E-state index contributed by atoms with van der Waals surface area (Å²) in [4.78, 5) is 59.5. The van der Waals surface area contributed by atoms with Gasteiger partial charge in [0.15, 0.2) is 0 Å². The van der Waals surface area contributed by atoms with Crippen molar-refractivity contribution in [3.63, 3.8) is 0 Å². The van der Waals surface area contributed by atoms with Gasteiger partial charge in [-0.2, -0.15) is 12.6 Å². The summed E-state index contributed by atoms with van der Waals surface area (Å²) in [7, 11) is 0. The van der Waals surface area contributed by atoms with Crippen LogP contribution in [0.3, 0.4) is 0 Å². The van der Waals surface area contributed by atoms with Crippen molar-refractivity contribution in [1.82, 2.24) is 16.0 Å². The molecule has 30 heavy (non-hydrogen) atoms. The zero-order valence-electron chi connectivity index (χ0n) is 17.1. The maximum absolute atomic E-state index is 12.7. The number of hydrogen-bond donors (Lipinski definition) is 8. The van der Waals surface area contributed by atoms with Gasteiger partial charge in [-0.25, -0.2) is 4.79 Å². The Morgan fingerprint density at radius 1 is 0.933 bits per heavy atom. The van der Waals surface area contributed by atoms with Crippen LogP contribution in [0.4, 0.5) is 0 Å². The first-order valence-corrected chi connectivity index (χ1v) is 9.91. The van der Waals surface area contributed by atoms with Gasteiger partial charge >= 0.3 is 5.97 Å². The Hall–Kier alpha value is -2.38. The Kier molecular flexibility index (Phi) is 12.0. The van der Waals surface area contributed by atoms with E-state index in [1.807, 2.05) is 0 Å². The van der Waals surface area contributed by atoms with Crippen LogP contribution >= 0.6 is 12.6 Å². The van der Waals surface area contributed by atoms with E-state index in [0.717, 1.165) is 0 Å².